The second-order valence-electron chi connectivity index (χ2n) is 8.86. The highest BCUT2D eigenvalue weighted by atomic mass is 32.1. The molecule has 36 heavy (non-hydrogen) atoms. The molecule has 12 heteroatoms. The second kappa shape index (κ2) is 10.2. The van der Waals surface area contributed by atoms with E-state index >= 15 is 0 Å². The molecule has 0 amide bonds. The minimum absolute atomic E-state index is 0.119. The number of nitrogens with zero attached hydrogens (tertiary/aromatic N) is 5. The van der Waals surface area contributed by atoms with Crippen LogP contribution < -0.4 is 25.0 Å². The summed E-state index contributed by atoms with van der Waals surface area (Å²) >= 11 is 5.56. The van der Waals surface area contributed by atoms with Crippen LogP contribution in [-0.4, -0.2) is 85.1 Å². The van der Waals surface area contributed by atoms with Crippen molar-refractivity contribution in [3.8, 4) is 22.9 Å². The monoisotopic (exact) mass is 511 g/mol. The number of rotatable bonds is 7. The molecule has 2 N–H and O–H groups in total. The first kappa shape index (κ1) is 24.2. The van der Waals surface area contributed by atoms with E-state index in [2.05, 4.69) is 26.2 Å². The van der Waals surface area contributed by atoms with Gasteiger partial charge in [0.15, 0.2) is 10.9 Å². The number of tetrazole rings is 1. The van der Waals surface area contributed by atoms with Gasteiger partial charge in [-0.25, -0.2) is 4.68 Å². The largest absolute Gasteiger partial charge is 0.497 e. The first-order chi connectivity index (χ1) is 17.5. The fraction of sp³-hybridized carbons (Fsp3) is 0.417. The third-order valence-electron chi connectivity index (χ3n) is 6.40. The smallest absolute Gasteiger partial charge is 0.182 e. The second-order valence-corrected chi connectivity index (χ2v) is 9.27. The molecule has 0 aliphatic carbocycles. The number of ether oxygens (including phenoxy) is 4. The zero-order valence-corrected chi connectivity index (χ0v) is 21.4. The maximum atomic E-state index is 6.15. The molecule has 0 spiro atoms. The van der Waals surface area contributed by atoms with Gasteiger partial charge in [-0.3, -0.25) is 0 Å². The first-order valence-electron chi connectivity index (χ1n) is 11.6. The van der Waals surface area contributed by atoms with Crippen molar-refractivity contribution in [3.05, 3.63) is 42.5 Å². The van der Waals surface area contributed by atoms with E-state index in [-0.39, 0.29) is 24.3 Å². The Bertz CT molecular complexity index is 1200. The lowest BCUT2D eigenvalue weighted by molar-refractivity contribution is 0.0626. The molecular formula is C24H29N7O4S. The topological polar surface area (TPSA) is 108 Å². The van der Waals surface area contributed by atoms with Crippen LogP contribution in [0.5, 0.6) is 11.5 Å². The van der Waals surface area contributed by atoms with Gasteiger partial charge in [-0.2, -0.15) is 0 Å². The van der Waals surface area contributed by atoms with E-state index < -0.39 is 0 Å². The summed E-state index contributed by atoms with van der Waals surface area (Å²) in [5.74, 6) is 2.01. The van der Waals surface area contributed by atoms with Gasteiger partial charge in [-0.15, -0.1) is 5.10 Å². The molecule has 4 atom stereocenters. The Labute approximate surface area is 214 Å². The molecule has 0 saturated carbocycles. The molecule has 0 bridgehead atoms. The normalized spacial score (nSPS) is 22.7. The molecular weight excluding hydrogens is 482 g/mol. The third kappa shape index (κ3) is 4.79. The lowest BCUT2D eigenvalue weighted by atomic mass is 10.1. The van der Waals surface area contributed by atoms with Gasteiger partial charge in [0.1, 0.15) is 29.7 Å². The first-order valence-corrected chi connectivity index (χ1v) is 12.0. The van der Waals surface area contributed by atoms with Crippen molar-refractivity contribution in [1.29, 1.82) is 0 Å². The summed E-state index contributed by atoms with van der Waals surface area (Å²) in [6, 6.07) is 13.3. The highest BCUT2D eigenvalue weighted by Crippen LogP contribution is 2.36. The predicted molar refractivity (Wildman–Crippen MR) is 139 cm³/mol. The lowest BCUT2D eigenvalue weighted by Gasteiger charge is -2.20. The molecule has 1 aromatic heterocycles. The number of nitrogens with one attached hydrogen (secondary N) is 2. The summed E-state index contributed by atoms with van der Waals surface area (Å²) in [5.41, 5.74) is 2.79. The van der Waals surface area contributed by atoms with E-state index in [4.69, 9.17) is 31.2 Å². The van der Waals surface area contributed by atoms with E-state index in [1.165, 1.54) is 0 Å². The fourth-order valence-electron chi connectivity index (χ4n) is 4.54. The number of thiocarbonyl (C=S) groups is 1. The van der Waals surface area contributed by atoms with Crippen LogP contribution in [0.3, 0.4) is 0 Å². The van der Waals surface area contributed by atoms with Gasteiger partial charge >= 0.3 is 0 Å². The van der Waals surface area contributed by atoms with E-state index in [9.17, 15) is 0 Å². The van der Waals surface area contributed by atoms with Crippen molar-refractivity contribution in [3.63, 3.8) is 0 Å². The molecule has 3 heterocycles. The van der Waals surface area contributed by atoms with Gasteiger partial charge in [0.2, 0.25) is 0 Å². The van der Waals surface area contributed by atoms with Gasteiger partial charge < -0.3 is 34.5 Å². The van der Waals surface area contributed by atoms with Gasteiger partial charge in [-0.1, -0.05) is 0 Å². The molecule has 11 nitrogen and oxygen atoms in total. The van der Waals surface area contributed by atoms with E-state index in [1.807, 2.05) is 55.4 Å². The summed E-state index contributed by atoms with van der Waals surface area (Å²) < 4.78 is 24.8. The van der Waals surface area contributed by atoms with Crippen LogP contribution in [0.4, 0.5) is 11.4 Å². The van der Waals surface area contributed by atoms with Gasteiger partial charge in [0.05, 0.1) is 33.5 Å². The fourth-order valence-corrected chi connectivity index (χ4v) is 4.81. The summed E-state index contributed by atoms with van der Waals surface area (Å²) in [4.78, 5) is 2.05. The Morgan fingerprint density at radius 3 is 2.39 bits per heavy atom. The zero-order valence-electron chi connectivity index (χ0n) is 20.5. The summed E-state index contributed by atoms with van der Waals surface area (Å²) in [6.45, 7) is 0.888. The van der Waals surface area contributed by atoms with Crippen LogP contribution in [-0.2, 0) is 9.47 Å². The van der Waals surface area contributed by atoms with Gasteiger partial charge in [0.25, 0.3) is 0 Å². The van der Waals surface area contributed by atoms with E-state index in [1.54, 1.807) is 25.0 Å². The Balaban J connectivity index is 1.25. The molecule has 2 saturated heterocycles. The standard InChI is InChI=1S/C24H29N7O4S/c1-30(2)16-7-5-14(6-8-16)23-27-28-29-31(23)20-13-35-21-19(12-34-22(20)21)26-24(36)25-15-9-17(32-3)11-18(10-15)33-4/h5-11,19-22H,12-13H2,1-4H3,(H2,25,26,36)/t19-,20-,21+,22+/m0/s1. The molecule has 2 aliphatic heterocycles. The summed E-state index contributed by atoms with van der Waals surface area (Å²) in [6.07, 6.45) is -0.395. The van der Waals surface area contributed by atoms with Crippen LogP contribution in [0.25, 0.3) is 11.4 Å². The molecule has 0 radical (unpaired) electrons. The van der Waals surface area contributed by atoms with E-state index in [0.29, 0.717) is 35.6 Å². The predicted octanol–water partition coefficient (Wildman–Crippen LogP) is 2.12. The number of methoxy groups -OCH3 is 2. The quantitative estimate of drug-likeness (QED) is 0.456. The average Bonchev–Trinajstić information content (AvgIpc) is 3.61. The van der Waals surface area contributed by atoms with E-state index in [0.717, 1.165) is 16.9 Å². The minimum Gasteiger partial charge on any atom is -0.497 e. The van der Waals surface area contributed by atoms with Crippen molar-refractivity contribution in [2.24, 2.45) is 0 Å². The lowest BCUT2D eigenvalue weighted by Crippen LogP contribution is -2.45. The van der Waals surface area contributed by atoms with Gasteiger partial charge in [0, 0.05) is 49.2 Å². The SMILES string of the molecule is COc1cc(NC(=S)N[C@H]2CO[C@H]3[C@@H]2OC[C@@H]3n2nnnc2-c2ccc(N(C)C)cc2)cc(OC)c1. The Morgan fingerprint density at radius 2 is 1.72 bits per heavy atom. The molecule has 190 valence electrons. The number of anilines is 2. The number of aromatic nitrogens is 4. The molecule has 5 rings (SSSR count). The number of benzene rings is 2. The van der Waals surface area contributed by atoms with Crippen LogP contribution in [0.15, 0.2) is 42.5 Å². The summed E-state index contributed by atoms with van der Waals surface area (Å²) in [5, 5.41) is 19.4. The van der Waals surface area contributed by atoms with Crippen LogP contribution in [0.1, 0.15) is 6.04 Å². The molecule has 2 aliphatic rings. The van der Waals surface area contributed by atoms with Crippen molar-refractivity contribution in [1.82, 2.24) is 25.5 Å². The highest BCUT2D eigenvalue weighted by molar-refractivity contribution is 7.80. The average molecular weight is 512 g/mol. The van der Waals surface area contributed by atoms with Crippen molar-refractivity contribution in [2.45, 2.75) is 24.3 Å². The maximum absolute atomic E-state index is 6.15. The Hall–Kier alpha value is -3.48. The third-order valence-corrected chi connectivity index (χ3v) is 6.62. The van der Waals surface area contributed by atoms with Crippen LogP contribution in [0.2, 0.25) is 0 Å². The molecule has 3 aromatic rings. The number of fused-ring (bicyclic) bond motifs is 1. The minimum atomic E-state index is -0.203. The molecule has 2 fully saturated rings. The van der Waals surface area contributed by atoms with Gasteiger partial charge in [-0.05, 0) is 46.9 Å². The highest BCUT2D eigenvalue weighted by Gasteiger charge is 2.49. The van der Waals surface area contributed by atoms with Crippen molar-refractivity contribution >= 4 is 28.7 Å². The van der Waals surface area contributed by atoms with Crippen LogP contribution in [0, 0.1) is 0 Å². The summed E-state index contributed by atoms with van der Waals surface area (Å²) in [7, 11) is 7.22. The number of hydrogen-bond acceptors (Lipinski definition) is 9. The Morgan fingerprint density at radius 1 is 1.03 bits per heavy atom. The zero-order chi connectivity index (χ0) is 25.2. The van der Waals surface area contributed by atoms with Crippen molar-refractivity contribution < 1.29 is 18.9 Å². The van der Waals surface area contributed by atoms with Crippen LogP contribution >= 0.6 is 12.2 Å². The molecule has 2 aromatic carbocycles. The maximum Gasteiger partial charge on any atom is 0.182 e. The molecule has 0 unspecified atom stereocenters. The number of hydrogen-bond donors (Lipinski definition) is 2. The van der Waals surface area contributed by atoms with Crippen molar-refractivity contribution in [2.75, 3.05) is 51.7 Å². The Kier molecular flexibility index (Phi) is 6.90.